The summed E-state index contributed by atoms with van der Waals surface area (Å²) < 4.78 is 5.13. The van der Waals surface area contributed by atoms with Crippen molar-refractivity contribution in [2.75, 3.05) is 17.7 Å². The zero-order valence-electron chi connectivity index (χ0n) is 16.3. The summed E-state index contributed by atoms with van der Waals surface area (Å²) in [6.07, 6.45) is 0. The van der Waals surface area contributed by atoms with E-state index in [1.165, 1.54) is 11.8 Å². The first kappa shape index (κ1) is 20.9. The minimum Gasteiger partial charge on any atom is -0.462 e. The van der Waals surface area contributed by atoms with E-state index < -0.39 is 5.97 Å². The molecule has 0 unspecified atom stereocenters. The lowest BCUT2D eigenvalue weighted by Crippen LogP contribution is -2.14. The predicted octanol–water partition coefficient (Wildman–Crippen LogP) is 4.12. The fraction of sp³-hybridized carbons (Fsp3) is 0.250. The Morgan fingerprint density at radius 3 is 2.45 bits per heavy atom. The zero-order chi connectivity index (χ0) is 20.8. The van der Waals surface area contributed by atoms with Gasteiger partial charge < -0.3 is 10.1 Å². The Bertz CT molecular complexity index is 1000. The highest BCUT2D eigenvalue weighted by atomic mass is 32.2. The molecule has 1 amide bonds. The van der Waals surface area contributed by atoms with Gasteiger partial charge in [0.05, 0.1) is 18.1 Å². The molecular weight excluding hydrogens is 408 g/mol. The standard InChI is InChI=1S/C20H20N4O3S2/c1-4-27-18(26)17-16(14-8-6-5-7-9-14)24-20(29-17)23-15(25)11-28-19-21-12(2)10-13(3)22-19/h5-10H,4,11H2,1-3H3,(H,23,24,25). The van der Waals surface area contributed by atoms with E-state index in [0.717, 1.165) is 28.3 Å². The van der Waals surface area contributed by atoms with Gasteiger partial charge in [0.1, 0.15) is 4.88 Å². The normalized spacial score (nSPS) is 10.6. The lowest BCUT2D eigenvalue weighted by atomic mass is 10.1. The quantitative estimate of drug-likeness (QED) is 0.344. The first-order chi connectivity index (χ1) is 14.0. The molecule has 2 heterocycles. The Kier molecular flexibility index (Phi) is 6.95. The van der Waals surface area contributed by atoms with Crippen LogP contribution in [0.4, 0.5) is 5.13 Å². The molecule has 0 spiro atoms. The Morgan fingerprint density at radius 1 is 1.10 bits per heavy atom. The van der Waals surface area contributed by atoms with Gasteiger partial charge in [-0.2, -0.15) is 0 Å². The van der Waals surface area contributed by atoms with Crippen LogP contribution in [0.1, 0.15) is 28.0 Å². The highest BCUT2D eigenvalue weighted by Gasteiger charge is 2.21. The number of nitrogens with one attached hydrogen (secondary N) is 1. The summed E-state index contributed by atoms with van der Waals surface area (Å²) in [4.78, 5) is 38.1. The number of rotatable bonds is 7. The van der Waals surface area contributed by atoms with E-state index in [9.17, 15) is 9.59 Å². The van der Waals surface area contributed by atoms with Crippen molar-refractivity contribution in [3.8, 4) is 11.3 Å². The maximum absolute atomic E-state index is 12.4. The summed E-state index contributed by atoms with van der Waals surface area (Å²) in [6, 6.07) is 11.2. The highest BCUT2D eigenvalue weighted by molar-refractivity contribution is 7.99. The molecule has 1 N–H and O–H groups in total. The third-order valence-electron chi connectivity index (χ3n) is 3.68. The van der Waals surface area contributed by atoms with E-state index in [-0.39, 0.29) is 18.3 Å². The number of hydrogen-bond acceptors (Lipinski definition) is 8. The molecule has 0 saturated heterocycles. The number of amides is 1. The average Bonchev–Trinajstić information content (AvgIpc) is 3.10. The van der Waals surface area contributed by atoms with Crippen LogP contribution in [0.5, 0.6) is 0 Å². The average molecular weight is 429 g/mol. The number of thiazole rings is 1. The van der Waals surface area contributed by atoms with Gasteiger partial charge in [0.2, 0.25) is 5.91 Å². The van der Waals surface area contributed by atoms with Crippen molar-refractivity contribution < 1.29 is 14.3 Å². The van der Waals surface area contributed by atoms with E-state index in [1.807, 2.05) is 50.2 Å². The minimum atomic E-state index is -0.456. The van der Waals surface area contributed by atoms with Gasteiger partial charge in [0.15, 0.2) is 10.3 Å². The van der Waals surface area contributed by atoms with Gasteiger partial charge in [-0.15, -0.1) is 0 Å². The van der Waals surface area contributed by atoms with E-state index >= 15 is 0 Å². The molecule has 7 nitrogen and oxygen atoms in total. The number of ether oxygens (including phenoxy) is 1. The zero-order valence-corrected chi connectivity index (χ0v) is 17.9. The van der Waals surface area contributed by atoms with Crippen molar-refractivity contribution in [3.05, 3.63) is 52.7 Å². The molecule has 0 aliphatic rings. The molecular formula is C20H20N4O3S2. The van der Waals surface area contributed by atoms with Crippen LogP contribution < -0.4 is 5.32 Å². The molecule has 0 bridgehead atoms. The van der Waals surface area contributed by atoms with Crippen LogP contribution in [-0.2, 0) is 9.53 Å². The lowest BCUT2D eigenvalue weighted by Gasteiger charge is -2.03. The van der Waals surface area contributed by atoms with E-state index in [4.69, 9.17) is 4.74 Å². The highest BCUT2D eigenvalue weighted by Crippen LogP contribution is 2.32. The predicted molar refractivity (Wildman–Crippen MR) is 114 cm³/mol. The monoisotopic (exact) mass is 428 g/mol. The molecule has 1 aromatic carbocycles. The van der Waals surface area contributed by atoms with Crippen LogP contribution in [0.25, 0.3) is 11.3 Å². The second-order valence-electron chi connectivity index (χ2n) is 6.05. The first-order valence-electron chi connectivity index (χ1n) is 8.94. The summed E-state index contributed by atoms with van der Waals surface area (Å²) in [5, 5.41) is 3.65. The summed E-state index contributed by atoms with van der Waals surface area (Å²) in [5.41, 5.74) is 2.98. The van der Waals surface area contributed by atoms with E-state index in [1.54, 1.807) is 6.92 Å². The van der Waals surface area contributed by atoms with Crippen molar-refractivity contribution in [1.29, 1.82) is 0 Å². The van der Waals surface area contributed by atoms with Crippen molar-refractivity contribution in [2.24, 2.45) is 0 Å². The maximum Gasteiger partial charge on any atom is 0.350 e. The Morgan fingerprint density at radius 2 is 1.79 bits per heavy atom. The van der Waals surface area contributed by atoms with Crippen molar-refractivity contribution >= 4 is 40.1 Å². The topological polar surface area (TPSA) is 94.1 Å². The number of thioether (sulfide) groups is 1. The first-order valence-corrected chi connectivity index (χ1v) is 10.7. The van der Waals surface area contributed by atoms with Gasteiger partial charge in [-0.1, -0.05) is 53.4 Å². The Hall–Kier alpha value is -2.78. The van der Waals surface area contributed by atoms with Crippen LogP contribution in [0.15, 0.2) is 41.6 Å². The van der Waals surface area contributed by atoms with Crippen LogP contribution in [0.3, 0.4) is 0 Å². The fourth-order valence-corrected chi connectivity index (χ4v) is 4.19. The molecule has 0 fully saturated rings. The largest absolute Gasteiger partial charge is 0.462 e. The van der Waals surface area contributed by atoms with Gasteiger partial charge in [0, 0.05) is 17.0 Å². The number of carbonyl (C=O) groups excluding carboxylic acids is 2. The maximum atomic E-state index is 12.4. The SMILES string of the molecule is CCOC(=O)c1sc(NC(=O)CSc2nc(C)cc(C)n2)nc1-c1ccccc1. The Balaban J connectivity index is 1.74. The number of anilines is 1. The van der Waals surface area contributed by atoms with Gasteiger partial charge in [-0.05, 0) is 26.8 Å². The van der Waals surface area contributed by atoms with Crippen LogP contribution >= 0.6 is 23.1 Å². The van der Waals surface area contributed by atoms with Crippen LogP contribution in [0, 0.1) is 13.8 Å². The number of carbonyl (C=O) groups is 2. The van der Waals surface area contributed by atoms with E-state index in [2.05, 4.69) is 20.3 Å². The van der Waals surface area contributed by atoms with E-state index in [0.29, 0.717) is 20.9 Å². The van der Waals surface area contributed by atoms with Crippen LogP contribution in [0.2, 0.25) is 0 Å². The second kappa shape index (κ2) is 9.62. The number of benzene rings is 1. The number of nitrogens with zero attached hydrogens (tertiary/aromatic N) is 3. The Labute approximate surface area is 177 Å². The third-order valence-corrected chi connectivity index (χ3v) is 5.47. The van der Waals surface area contributed by atoms with Crippen molar-refractivity contribution in [2.45, 2.75) is 25.9 Å². The number of esters is 1. The molecule has 2 aromatic heterocycles. The van der Waals surface area contributed by atoms with Gasteiger partial charge >= 0.3 is 5.97 Å². The summed E-state index contributed by atoms with van der Waals surface area (Å²) in [7, 11) is 0. The molecule has 0 aliphatic heterocycles. The summed E-state index contributed by atoms with van der Waals surface area (Å²) in [6.45, 7) is 5.78. The second-order valence-corrected chi connectivity index (χ2v) is 7.99. The smallest absolute Gasteiger partial charge is 0.350 e. The molecule has 3 rings (SSSR count). The molecule has 0 atom stereocenters. The van der Waals surface area contributed by atoms with Gasteiger partial charge in [0.25, 0.3) is 0 Å². The minimum absolute atomic E-state index is 0.137. The van der Waals surface area contributed by atoms with Gasteiger partial charge in [-0.3, -0.25) is 4.79 Å². The summed E-state index contributed by atoms with van der Waals surface area (Å²) >= 11 is 2.35. The molecule has 9 heteroatoms. The van der Waals surface area contributed by atoms with Crippen molar-refractivity contribution in [1.82, 2.24) is 15.0 Å². The summed E-state index contributed by atoms with van der Waals surface area (Å²) in [5.74, 6) is -0.568. The molecule has 150 valence electrons. The molecule has 3 aromatic rings. The van der Waals surface area contributed by atoms with Crippen molar-refractivity contribution in [3.63, 3.8) is 0 Å². The number of aryl methyl sites for hydroxylation is 2. The fourth-order valence-electron chi connectivity index (χ4n) is 2.54. The molecule has 29 heavy (non-hydrogen) atoms. The molecule has 0 saturated carbocycles. The third kappa shape index (κ3) is 5.61. The van der Waals surface area contributed by atoms with Crippen LogP contribution in [-0.4, -0.2) is 39.2 Å². The molecule has 0 aliphatic carbocycles. The number of hydrogen-bond donors (Lipinski definition) is 1. The lowest BCUT2D eigenvalue weighted by molar-refractivity contribution is -0.113. The molecule has 0 radical (unpaired) electrons. The number of aromatic nitrogens is 3. The van der Waals surface area contributed by atoms with Gasteiger partial charge in [-0.25, -0.2) is 19.7 Å².